The molecule has 0 unspecified atom stereocenters. The highest BCUT2D eigenvalue weighted by Crippen LogP contribution is 2.30. The molecule has 0 fully saturated rings. The van der Waals surface area contributed by atoms with Gasteiger partial charge in [-0.2, -0.15) is 0 Å². The van der Waals surface area contributed by atoms with E-state index in [1.807, 2.05) is 24.6 Å². The van der Waals surface area contributed by atoms with Crippen molar-refractivity contribution in [2.24, 2.45) is 0 Å². The third kappa shape index (κ3) is 5.08. The van der Waals surface area contributed by atoms with Gasteiger partial charge in [-0.3, -0.25) is 9.69 Å². The van der Waals surface area contributed by atoms with Crippen LogP contribution < -0.4 is 9.64 Å². The number of imidazole rings is 1. The van der Waals surface area contributed by atoms with Crippen LogP contribution in [0.3, 0.4) is 0 Å². The van der Waals surface area contributed by atoms with Crippen LogP contribution in [-0.4, -0.2) is 33.1 Å². The summed E-state index contributed by atoms with van der Waals surface area (Å²) < 4.78 is 22.0. The summed E-state index contributed by atoms with van der Waals surface area (Å²) in [7, 11) is 0. The van der Waals surface area contributed by atoms with Crippen molar-refractivity contribution in [3.05, 3.63) is 72.6 Å². The molecule has 0 aliphatic rings. The highest BCUT2D eigenvalue weighted by Gasteiger charge is 2.21. The third-order valence-corrected chi connectivity index (χ3v) is 5.69. The van der Waals surface area contributed by atoms with E-state index < -0.39 is 0 Å². The molecule has 0 spiro atoms. The van der Waals surface area contributed by atoms with Crippen molar-refractivity contribution in [3.63, 3.8) is 0 Å². The summed E-state index contributed by atoms with van der Waals surface area (Å²) in [6.07, 6.45) is 6.15. The molecule has 1 amide bonds. The molecule has 4 aromatic rings. The zero-order valence-electron chi connectivity index (χ0n) is 17.4. The summed E-state index contributed by atoms with van der Waals surface area (Å²) in [4.78, 5) is 23.7. The predicted octanol–water partition coefficient (Wildman–Crippen LogP) is 5.16. The highest BCUT2D eigenvalue weighted by molar-refractivity contribution is 7.22. The minimum Gasteiger partial charge on any atom is -0.491 e. The van der Waals surface area contributed by atoms with Crippen molar-refractivity contribution < 1.29 is 13.9 Å². The number of ether oxygens (including phenoxy) is 1. The van der Waals surface area contributed by atoms with Gasteiger partial charge in [-0.05, 0) is 62.7 Å². The number of rotatable bonds is 8. The first-order valence-corrected chi connectivity index (χ1v) is 10.9. The zero-order valence-corrected chi connectivity index (χ0v) is 18.2. The van der Waals surface area contributed by atoms with Gasteiger partial charge in [0.1, 0.15) is 11.6 Å². The zero-order chi connectivity index (χ0) is 21.8. The second-order valence-electron chi connectivity index (χ2n) is 7.41. The van der Waals surface area contributed by atoms with E-state index in [-0.39, 0.29) is 17.8 Å². The second kappa shape index (κ2) is 9.26. The molecular formula is C23H23FN4O2S. The average molecular weight is 439 g/mol. The number of fused-ring (bicyclic) bond motifs is 1. The molecule has 2 aromatic heterocycles. The minimum absolute atomic E-state index is 0.0596. The lowest BCUT2D eigenvalue weighted by molar-refractivity contribution is 0.0986. The maximum absolute atomic E-state index is 13.6. The second-order valence-corrected chi connectivity index (χ2v) is 8.42. The Labute approximate surface area is 183 Å². The lowest BCUT2D eigenvalue weighted by Crippen LogP contribution is -2.32. The third-order valence-electron chi connectivity index (χ3n) is 4.65. The lowest BCUT2D eigenvalue weighted by atomic mass is 10.2. The molecule has 160 valence electrons. The number of aryl methyl sites for hydroxylation is 1. The van der Waals surface area contributed by atoms with Crippen LogP contribution in [0, 0.1) is 5.82 Å². The predicted molar refractivity (Wildman–Crippen MR) is 120 cm³/mol. The van der Waals surface area contributed by atoms with Crippen LogP contribution in [-0.2, 0) is 6.54 Å². The van der Waals surface area contributed by atoms with E-state index in [1.54, 1.807) is 47.8 Å². The Hall–Kier alpha value is -3.26. The van der Waals surface area contributed by atoms with Gasteiger partial charge in [0, 0.05) is 31.0 Å². The van der Waals surface area contributed by atoms with Crippen molar-refractivity contribution >= 4 is 32.6 Å². The Morgan fingerprint density at radius 3 is 2.74 bits per heavy atom. The average Bonchev–Trinajstić information content (AvgIpc) is 3.40. The number of thiazole rings is 1. The molecule has 2 heterocycles. The number of nitrogens with zero attached hydrogens (tertiary/aromatic N) is 4. The van der Waals surface area contributed by atoms with Crippen molar-refractivity contribution in [2.75, 3.05) is 11.4 Å². The fraction of sp³-hybridized carbons (Fsp3) is 0.261. The molecule has 6 nitrogen and oxygen atoms in total. The maximum Gasteiger partial charge on any atom is 0.260 e. The fourth-order valence-corrected chi connectivity index (χ4v) is 4.24. The van der Waals surface area contributed by atoms with Gasteiger partial charge in [-0.15, -0.1) is 0 Å². The minimum atomic E-state index is -0.318. The standard InChI is InChI=1S/C23H23FN4O2S/c1-16(2)30-19-7-4-17(5-8-19)22(29)28(12-3-11-27-13-10-25-15-27)23-26-20-9-6-18(24)14-21(20)31-23/h4-10,13-16H,3,11-12H2,1-2H3. The van der Waals surface area contributed by atoms with Crippen LogP contribution in [0.1, 0.15) is 30.6 Å². The number of amides is 1. The summed E-state index contributed by atoms with van der Waals surface area (Å²) in [6.45, 7) is 5.11. The fourth-order valence-electron chi connectivity index (χ4n) is 3.22. The molecule has 0 aliphatic carbocycles. The monoisotopic (exact) mass is 438 g/mol. The van der Waals surface area contributed by atoms with Crippen LogP contribution in [0.2, 0.25) is 0 Å². The summed E-state index contributed by atoms with van der Waals surface area (Å²) in [5.41, 5.74) is 1.22. The number of aromatic nitrogens is 3. The molecule has 0 saturated heterocycles. The first-order chi connectivity index (χ1) is 15.0. The lowest BCUT2D eigenvalue weighted by Gasteiger charge is -2.20. The summed E-state index contributed by atoms with van der Waals surface area (Å²) in [5, 5.41) is 0.554. The number of hydrogen-bond acceptors (Lipinski definition) is 5. The Kier molecular flexibility index (Phi) is 6.27. The molecule has 0 bridgehead atoms. The van der Waals surface area contributed by atoms with Gasteiger partial charge in [-0.25, -0.2) is 14.4 Å². The van der Waals surface area contributed by atoms with Gasteiger partial charge >= 0.3 is 0 Å². The van der Waals surface area contributed by atoms with Gasteiger partial charge in [0.25, 0.3) is 5.91 Å². The van der Waals surface area contributed by atoms with Gasteiger partial charge < -0.3 is 9.30 Å². The molecule has 0 saturated carbocycles. The highest BCUT2D eigenvalue weighted by atomic mass is 32.1. The molecule has 4 rings (SSSR count). The van der Waals surface area contributed by atoms with E-state index in [1.165, 1.54) is 23.5 Å². The number of carbonyl (C=O) groups excluding carboxylic acids is 1. The van der Waals surface area contributed by atoms with E-state index in [0.717, 1.165) is 13.0 Å². The molecule has 0 atom stereocenters. The summed E-state index contributed by atoms with van der Waals surface area (Å²) >= 11 is 1.31. The van der Waals surface area contributed by atoms with Crippen LogP contribution in [0.5, 0.6) is 5.75 Å². The molecule has 0 radical (unpaired) electrons. The number of benzene rings is 2. The van der Waals surface area contributed by atoms with Crippen molar-refractivity contribution in [1.82, 2.24) is 14.5 Å². The molecule has 8 heteroatoms. The SMILES string of the molecule is CC(C)Oc1ccc(C(=O)N(CCCn2ccnc2)c2nc3ccc(F)cc3s2)cc1. The maximum atomic E-state index is 13.6. The number of carbonyl (C=O) groups is 1. The molecular weight excluding hydrogens is 415 g/mol. The van der Waals surface area contributed by atoms with Crippen LogP contribution in [0.15, 0.2) is 61.2 Å². The van der Waals surface area contributed by atoms with Crippen LogP contribution in [0.4, 0.5) is 9.52 Å². The number of anilines is 1. The van der Waals surface area contributed by atoms with Gasteiger partial charge in [0.2, 0.25) is 0 Å². The van der Waals surface area contributed by atoms with E-state index in [0.29, 0.717) is 33.2 Å². The number of halogens is 1. The Morgan fingerprint density at radius 2 is 2.03 bits per heavy atom. The Morgan fingerprint density at radius 1 is 1.23 bits per heavy atom. The van der Waals surface area contributed by atoms with Crippen LogP contribution in [0.25, 0.3) is 10.2 Å². The largest absolute Gasteiger partial charge is 0.491 e. The Bertz CT molecular complexity index is 1160. The smallest absolute Gasteiger partial charge is 0.260 e. The van der Waals surface area contributed by atoms with E-state index >= 15 is 0 Å². The molecule has 0 aliphatic heterocycles. The van der Waals surface area contributed by atoms with Gasteiger partial charge in [0.15, 0.2) is 5.13 Å². The van der Waals surface area contributed by atoms with E-state index in [9.17, 15) is 9.18 Å². The number of hydrogen-bond donors (Lipinski definition) is 0. The normalized spacial score (nSPS) is 11.2. The van der Waals surface area contributed by atoms with Crippen molar-refractivity contribution in [2.45, 2.75) is 32.9 Å². The first kappa shape index (κ1) is 21.0. The Balaban J connectivity index is 1.59. The van der Waals surface area contributed by atoms with Crippen LogP contribution >= 0.6 is 11.3 Å². The quantitative estimate of drug-likeness (QED) is 0.381. The van der Waals surface area contributed by atoms with E-state index in [4.69, 9.17) is 4.74 Å². The first-order valence-electron chi connectivity index (χ1n) is 10.1. The summed E-state index contributed by atoms with van der Waals surface area (Å²) in [5.74, 6) is 0.247. The van der Waals surface area contributed by atoms with Crippen molar-refractivity contribution in [1.29, 1.82) is 0 Å². The van der Waals surface area contributed by atoms with Gasteiger partial charge in [0.05, 0.1) is 22.6 Å². The topological polar surface area (TPSA) is 60.2 Å². The molecule has 31 heavy (non-hydrogen) atoms. The van der Waals surface area contributed by atoms with Gasteiger partial charge in [-0.1, -0.05) is 11.3 Å². The summed E-state index contributed by atoms with van der Waals surface area (Å²) in [6, 6.07) is 11.6. The molecule has 2 aromatic carbocycles. The molecule has 0 N–H and O–H groups in total. The van der Waals surface area contributed by atoms with E-state index in [2.05, 4.69) is 9.97 Å². The van der Waals surface area contributed by atoms with Crippen molar-refractivity contribution in [3.8, 4) is 5.75 Å².